The monoisotopic (exact) mass is 179 g/mol. The molecule has 0 spiro atoms. The molecule has 0 bridgehead atoms. The molecular formula is C7H5F4N. The average Bonchev–Trinajstić information content (AvgIpc) is 1.83. The Kier molecular flexibility index (Phi) is 2.04. The van der Waals surface area contributed by atoms with E-state index < -0.39 is 17.7 Å². The van der Waals surface area contributed by atoms with Crippen molar-refractivity contribution in [3.8, 4) is 0 Å². The van der Waals surface area contributed by atoms with Gasteiger partial charge in [0, 0.05) is 0 Å². The Morgan fingerprint density at radius 1 is 1.33 bits per heavy atom. The van der Waals surface area contributed by atoms with E-state index in [2.05, 4.69) is 4.98 Å². The third kappa shape index (κ3) is 1.72. The topological polar surface area (TPSA) is 12.9 Å². The van der Waals surface area contributed by atoms with Crippen molar-refractivity contribution in [2.45, 2.75) is 13.1 Å². The minimum Gasteiger partial charge on any atom is -0.248 e. The van der Waals surface area contributed by atoms with Gasteiger partial charge in [0.25, 0.3) is 0 Å². The fourth-order valence-electron chi connectivity index (χ4n) is 0.837. The molecule has 0 saturated heterocycles. The number of aromatic nitrogens is 1. The highest BCUT2D eigenvalue weighted by molar-refractivity contribution is 5.20. The first-order chi connectivity index (χ1) is 5.41. The van der Waals surface area contributed by atoms with Crippen molar-refractivity contribution in [2.24, 2.45) is 0 Å². The second-order valence-corrected chi connectivity index (χ2v) is 2.32. The number of halogens is 4. The van der Waals surface area contributed by atoms with Crippen LogP contribution in [0.25, 0.3) is 0 Å². The summed E-state index contributed by atoms with van der Waals surface area (Å²) in [7, 11) is 0. The molecule has 0 atom stereocenters. The van der Waals surface area contributed by atoms with Crippen molar-refractivity contribution in [1.82, 2.24) is 4.98 Å². The lowest BCUT2D eigenvalue weighted by molar-refractivity contribution is -0.141. The standard InChI is InChI=1S/C7H5F4N/c1-4-2-5(8)3-12-6(4)7(9,10)11/h2-3H,1H3. The number of pyridine rings is 1. The van der Waals surface area contributed by atoms with E-state index in [4.69, 9.17) is 0 Å². The first kappa shape index (κ1) is 8.96. The lowest BCUT2D eigenvalue weighted by Crippen LogP contribution is -2.10. The lowest BCUT2D eigenvalue weighted by Gasteiger charge is -2.07. The van der Waals surface area contributed by atoms with Gasteiger partial charge < -0.3 is 0 Å². The molecule has 12 heavy (non-hydrogen) atoms. The predicted octanol–water partition coefficient (Wildman–Crippen LogP) is 2.55. The molecule has 1 heterocycles. The maximum Gasteiger partial charge on any atom is 0.433 e. The molecule has 0 aromatic carbocycles. The van der Waals surface area contributed by atoms with Gasteiger partial charge >= 0.3 is 6.18 Å². The molecule has 0 aliphatic carbocycles. The van der Waals surface area contributed by atoms with Gasteiger partial charge in [-0.2, -0.15) is 13.2 Å². The zero-order valence-electron chi connectivity index (χ0n) is 6.11. The number of hydrogen-bond donors (Lipinski definition) is 0. The maximum absolute atomic E-state index is 12.3. The molecule has 66 valence electrons. The van der Waals surface area contributed by atoms with Gasteiger partial charge in [0.15, 0.2) is 0 Å². The van der Waals surface area contributed by atoms with Gasteiger partial charge in [-0.25, -0.2) is 9.37 Å². The van der Waals surface area contributed by atoms with Crippen LogP contribution in [0.15, 0.2) is 12.3 Å². The summed E-state index contributed by atoms with van der Waals surface area (Å²) in [5.74, 6) is -0.763. The fourth-order valence-corrected chi connectivity index (χ4v) is 0.837. The van der Waals surface area contributed by atoms with Gasteiger partial charge in [-0.05, 0) is 18.6 Å². The minimum atomic E-state index is -4.50. The quantitative estimate of drug-likeness (QED) is 0.557. The summed E-state index contributed by atoms with van der Waals surface area (Å²) in [5, 5.41) is 0. The van der Waals surface area contributed by atoms with Crippen molar-refractivity contribution in [3.05, 3.63) is 29.3 Å². The number of nitrogens with zero attached hydrogens (tertiary/aromatic N) is 1. The summed E-state index contributed by atoms with van der Waals surface area (Å²) < 4.78 is 48.3. The number of rotatable bonds is 0. The highest BCUT2D eigenvalue weighted by Crippen LogP contribution is 2.29. The summed E-state index contributed by atoms with van der Waals surface area (Å²) in [4.78, 5) is 2.95. The minimum absolute atomic E-state index is 0.206. The summed E-state index contributed by atoms with van der Waals surface area (Å²) in [6.45, 7) is 1.17. The van der Waals surface area contributed by atoms with Crippen LogP contribution in [0.3, 0.4) is 0 Å². The fraction of sp³-hybridized carbons (Fsp3) is 0.286. The largest absolute Gasteiger partial charge is 0.433 e. The Morgan fingerprint density at radius 3 is 2.33 bits per heavy atom. The van der Waals surface area contributed by atoms with Gasteiger partial charge in [-0.15, -0.1) is 0 Å². The molecule has 1 aromatic heterocycles. The molecule has 0 aliphatic heterocycles. The molecule has 0 aliphatic rings. The Balaban J connectivity index is 3.19. The smallest absolute Gasteiger partial charge is 0.248 e. The van der Waals surface area contributed by atoms with Crippen molar-refractivity contribution in [2.75, 3.05) is 0 Å². The van der Waals surface area contributed by atoms with Gasteiger partial charge in [-0.3, -0.25) is 0 Å². The summed E-state index contributed by atoms with van der Waals surface area (Å²) in [6.07, 6.45) is -3.95. The maximum atomic E-state index is 12.3. The van der Waals surface area contributed by atoms with Crippen LogP contribution < -0.4 is 0 Å². The van der Waals surface area contributed by atoms with Crippen LogP contribution in [0.4, 0.5) is 17.6 Å². The second kappa shape index (κ2) is 2.73. The Hall–Kier alpha value is -1.13. The highest BCUT2D eigenvalue weighted by Gasteiger charge is 2.34. The van der Waals surface area contributed by atoms with E-state index in [1.165, 1.54) is 6.92 Å². The van der Waals surface area contributed by atoms with Crippen molar-refractivity contribution < 1.29 is 17.6 Å². The van der Waals surface area contributed by atoms with Crippen LogP contribution in [0.5, 0.6) is 0 Å². The normalized spacial score (nSPS) is 11.8. The van der Waals surface area contributed by atoms with Gasteiger partial charge in [0.05, 0.1) is 6.20 Å². The number of hydrogen-bond acceptors (Lipinski definition) is 1. The number of alkyl halides is 3. The summed E-state index contributed by atoms with van der Waals surface area (Å²) in [5.41, 5.74) is -1.24. The van der Waals surface area contributed by atoms with Gasteiger partial charge in [-0.1, -0.05) is 0 Å². The molecule has 0 fully saturated rings. The first-order valence-corrected chi connectivity index (χ1v) is 3.10. The molecule has 1 rings (SSSR count). The van der Waals surface area contributed by atoms with Crippen molar-refractivity contribution in [3.63, 3.8) is 0 Å². The molecule has 5 heteroatoms. The number of aryl methyl sites for hydroxylation is 1. The van der Waals surface area contributed by atoms with Crippen LogP contribution in [-0.4, -0.2) is 4.98 Å². The van der Waals surface area contributed by atoms with Crippen molar-refractivity contribution in [1.29, 1.82) is 0 Å². The molecule has 1 nitrogen and oxygen atoms in total. The molecular weight excluding hydrogens is 174 g/mol. The second-order valence-electron chi connectivity index (χ2n) is 2.32. The van der Waals surface area contributed by atoms with Crippen molar-refractivity contribution >= 4 is 0 Å². The summed E-state index contributed by atoms with van der Waals surface area (Å²) in [6, 6.07) is 0.801. The van der Waals surface area contributed by atoms with E-state index in [0.717, 1.165) is 6.07 Å². The Bertz CT molecular complexity index is 292. The average molecular weight is 179 g/mol. The van der Waals surface area contributed by atoms with Crippen LogP contribution in [0, 0.1) is 12.7 Å². The van der Waals surface area contributed by atoms with E-state index in [0.29, 0.717) is 6.20 Å². The van der Waals surface area contributed by atoms with E-state index >= 15 is 0 Å². The molecule has 0 N–H and O–H groups in total. The third-order valence-corrected chi connectivity index (χ3v) is 1.31. The zero-order chi connectivity index (χ0) is 9.35. The highest BCUT2D eigenvalue weighted by atomic mass is 19.4. The van der Waals surface area contributed by atoms with Crippen LogP contribution in [-0.2, 0) is 6.18 Å². The SMILES string of the molecule is Cc1cc(F)cnc1C(F)(F)F. The van der Waals surface area contributed by atoms with E-state index in [-0.39, 0.29) is 5.56 Å². The lowest BCUT2D eigenvalue weighted by atomic mass is 10.2. The molecule has 1 aromatic rings. The van der Waals surface area contributed by atoms with Crippen LogP contribution in [0.2, 0.25) is 0 Å². The predicted molar refractivity (Wildman–Crippen MR) is 33.9 cm³/mol. The third-order valence-electron chi connectivity index (χ3n) is 1.31. The van der Waals surface area contributed by atoms with Crippen LogP contribution in [0.1, 0.15) is 11.3 Å². The summed E-state index contributed by atoms with van der Waals surface area (Å²) >= 11 is 0. The van der Waals surface area contributed by atoms with Gasteiger partial charge in [0.2, 0.25) is 0 Å². The van der Waals surface area contributed by atoms with E-state index in [1.807, 2.05) is 0 Å². The van der Waals surface area contributed by atoms with E-state index in [1.54, 1.807) is 0 Å². The van der Waals surface area contributed by atoms with Gasteiger partial charge in [0.1, 0.15) is 11.5 Å². The molecule has 0 unspecified atom stereocenters. The van der Waals surface area contributed by atoms with Crippen LogP contribution >= 0.6 is 0 Å². The Labute approximate surface area is 66.0 Å². The zero-order valence-corrected chi connectivity index (χ0v) is 6.11. The molecule has 0 radical (unpaired) electrons. The molecule has 0 saturated carbocycles. The molecule has 0 amide bonds. The first-order valence-electron chi connectivity index (χ1n) is 3.10. The van der Waals surface area contributed by atoms with E-state index in [9.17, 15) is 17.6 Å². The Morgan fingerprint density at radius 2 is 1.92 bits per heavy atom.